The van der Waals surface area contributed by atoms with Crippen LogP contribution in [0.5, 0.6) is 0 Å². The van der Waals surface area contributed by atoms with Gasteiger partial charge in [0.25, 0.3) is 0 Å². The van der Waals surface area contributed by atoms with E-state index in [-0.39, 0.29) is 5.56 Å². The minimum absolute atomic E-state index is 0.0140. The largest absolute Gasteiger partial charge is 0.545 e. The van der Waals surface area contributed by atoms with Gasteiger partial charge >= 0.3 is 0 Å². The topological polar surface area (TPSA) is 69.5 Å². The summed E-state index contributed by atoms with van der Waals surface area (Å²) in [6, 6.07) is 1.34. The fraction of sp³-hybridized carbons (Fsp3) is 0.500. The lowest BCUT2D eigenvalue weighted by atomic mass is 10.3. The maximum Gasteiger partial charge on any atom is 0.145 e. The lowest BCUT2D eigenvalue weighted by Gasteiger charge is -2.16. The Labute approximate surface area is 112 Å². The van der Waals surface area contributed by atoms with Crippen molar-refractivity contribution in [3.8, 4) is 0 Å². The average molecular weight is 272 g/mol. The third-order valence-electron chi connectivity index (χ3n) is 2.85. The highest BCUT2D eigenvalue weighted by Gasteiger charge is 2.06. The predicted molar refractivity (Wildman–Crippen MR) is 69.0 cm³/mol. The second-order valence-corrected chi connectivity index (χ2v) is 4.38. The highest BCUT2D eigenvalue weighted by molar-refractivity contribution is 6.33. The Hall–Kier alpha value is -1.33. The summed E-state index contributed by atoms with van der Waals surface area (Å²) in [5.41, 5.74) is -0.0140. The van der Waals surface area contributed by atoms with Gasteiger partial charge in [0.05, 0.1) is 37.2 Å². The molecule has 1 rings (SSSR count). The summed E-state index contributed by atoms with van der Waals surface area (Å²) in [4.78, 5) is 16.1. The van der Waals surface area contributed by atoms with Gasteiger partial charge in [0, 0.05) is 11.8 Å². The normalized spacial score (nSPS) is 10.7. The zero-order valence-electron chi connectivity index (χ0n) is 10.6. The van der Waals surface area contributed by atoms with E-state index in [9.17, 15) is 9.90 Å². The van der Waals surface area contributed by atoms with Gasteiger partial charge in [-0.05, 0) is 19.9 Å². The molecule has 1 aromatic rings. The van der Waals surface area contributed by atoms with Gasteiger partial charge in [-0.25, -0.2) is 4.98 Å². The number of nitrogens with zero attached hydrogens (tertiary/aromatic N) is 1. The Balaban J connectivity index is 2.55. The first kappa shape index (κ1) is 14.7. The molecule has 0 bridgehead atoms. The molecule has 1 aromatic heterocycles. The first-order valence-electron chi connectivity index (χ1n) is 6.02. The average Bonchev–Trinajstić information content (AvgIpc) is 2.36. The maximum absolute atomic E-state index is 10.6. The van der Waals surface area contributed by atoms with Crippen LogP contribution in [-0.2, 0) is 0 Å². The molecule has 0 spiro atoms. The van der Waals surface area contributed by atoms with Crippen molar-refractivity contribution < 1.29 is 14.8 Å². The lowest BCUT2D eigenvalue weighted by Crippen LogP contribution is -3.12. The summed E-state index contributed by atoms with van der Waals surface area (Å²) in [6.07, 6.45) is 1.24. The van der Waals surface area contributed by atoms with E-state index in [1.54, 1.807) is 0 Å². The standard InChI is InChI=1S/C12H18ClN3O2/c1-3-16(4-2)6-5-14-11-10(13)7-9(8-15-11)12(17)18/h7-8H,3-6H2,1-2H3,(H,14,15)(H,17,18). The maximum atomic E-state index is 10.6. The molecule has 100 valence electrons. The van der Waals surface area contributed by atoms with Crippen molar-refractivity contribution in [1.29, 1.82) is 0 Å². The first-order valence-corrected chi connectivity index (χ1v) is 6.40. The van der Waals surface area contributed by atoms with Gasteiger partial charge in [0.1, 0.15) is 5.82 Å². The van der Waals surface area contributed by atoms with E-state index in [1.165, 1.54) is 17.2 Å². The van der Waals surface area contributed by atoms with Gasteiger partial charge in [0.15, 0.2) is 0 Å². The molecule has 0 unspecified atom stereocenters. The minimum Gasteiger partial charge on any atom is -0.545 e. The minimum atomic E-state index is -1.27. The summed E-state index contributed by atoms with van der Waals surface area (Å²) < 4.78 is 0. The van der Waals surface area contributed by atoms with Crippen LogP contribution in [0.15, 0.2) is 12.3 Å². The number of aromatic carboxylic acids is 1. The molecule has 1 heterocycles. The molecule has 2 N–H and O–H groups in total. The zero-order chi connectivity index (χ0) is 13.5. The van der Waals surface area contributed by atoms with Gasteiger partial charge in [-0.3, -0.25) is 0 Å². The molecule has 6 heteroatoms. The van der Waals surface area contributed by atoms with Crippen molar-refractivity contribution in [2.45, 2.75) is 13.8 Å². The Kier molecular flexibility index (Phi) is 5.88. The zero-order valence-corrected chi connectivity index (χ0v) is 11.4. The fourth-order valence-electron chi connectivity index (χ4n) is 1.64. The third kappa shape index (κ3) is 4.16. The number of pyridine rings is 1. The van der Waals surface area contributed by atoms with Crippen LogP contribution in [0.1, 0.15) is 24.2 Å². The van der Waals surface area contributed by atoms with Crippen LogP contribution < -0.4 is 15.3 Å². The van der Waals surface area contributed by atoms with Crippen molar-refractivity contribution in [2.75, 3.05) is 31.5 Å². The summed E-state index contributed by atoms with van der Waals surface area (Å²) in [5.74, 6) is -0.767. The van der Waals surface area contributed by atoms with E-state index in [0.717, 1.165) is 26.2 Å². The SMILES string of the molecule is CC[NH+](CC)CCNc1ncc(C(=O)[O-])cc1Cl. The number of carbonyl (C=O) groups excluding carboxylic acids is 1. The van der Waals surface area contributed by atoms with E-state index in [0.29, 0.717) is 10.8 Å². The summed E-state index contributed by atoms with van der Waals surface area (Å²) in [6.45, 7) is 8.13. The number of anilines is 1. The quantitative estimate of drug-likeness (QED) is 0.697. The number of quaternary nitrogens is 1. The molecule has 0 aliphatic carbocycles. The van der Waals surface area contributed by atoms with Crippen molar-refractivity contribution in [3.63, 3.8) is 0 Å². The molecule has 0 amide bonds. The molecule has 0 saturated carbocycles. The molecule has 0 atom stereocenters. The smallest absolute Gasteiger partial charge is 0.145 e. The van der Waals surface area contributed by atoms with Gasteiger partial charge < -0.3 is 20.1 Å². The Morgan fingerprint density at radius 1 is 1.50 bits per heavy atom. The highest BCUT2D eigenvalue weighted by Crippen LogP contribution is 2.19. The van der Waals surface area contributed by atoms with Gasteiger partial charge in [-0.15, -0.1) is 0 Å². The van der Waals surface area contributed by atoms with Crippen LogP contribution >= 0.6 is 11.6 Å². The van der Waals surface area contributed by atoms with E-state index < -0.39 is 5.97 Å². The third-order valence-corrected chi connectivity index (χ3v) is 3.14. The van der Waals surface area contributed by atoms with E-state index in [2.05, 4.69) is 24.1 Å². The number of halogens is 1. The molecular weight excluding hydrogens is 254 g/mol. The van der Waals surface area contributed by atoms with E-state index in [1.807, 2.05) is 0 Å². The number of carbonyl (C=O) groups is 1. The lowest BCUT2D eigenvalue weighted by molar-refractivity contribution is -0.894. The molecule has 0 aliphatic rings. The van der Waals surface area contributed by atoms with Crippen LogP contribution in [0.2, 0.25) is 5.02 Å². The summed E-state index contributed by atoms with van der Waals surface area (Å²) >= 11 is 5.93. The predicted octanol–water partition coefficient (Wildman–Crippen LogP) is -0.565. The number of hydrogen-bond acceptors (Lipinski definition) is 4. The van der Waals surface area contributed by atoms with Gasteiger partial charge in [0.2, 0.25) is 0 Å². The van der Waals surface area contributed by atoms with E-state index >= 15 is 0 Å². The number of aromatic nitrogens is 1. The Morgan fingerprint density at radius 3 is 2.67 bits per heavy atom. The van der Waals surface area contributed by atoms with Crippen LogP contribution in [-0.4, -0.2) is 37.1 Å². The van der Waals surface area contributed by atoms with Crippen LogP contribution in [0.25, 0.3) is 0 Å². The molecule has 18 heavy (non-hydrogen) atoms. The van der Waals surface area contributed by atoms with Gasteiger partial charge in [-0.2, -0.15) is 0 Å². The monoisotopic (exact) mass is 271 g/mol. The Morgan fingerprint density at radius 2 is 2.17 bits per heavy atom. The van der Waals surface area contributed by atoms with Crippen molar-refractivity contribution in [1.82, 2.24) is 4.98 Å². The summed E-state index contributed by atoms with van der Waals surface area (Å²) in [7, 11) is 0. The van der Waals surface area contributed by atoms with Crippen LogP contribution in [0, 0.1) is 0 Å². The van der Waals surface area contributed by atoms with Crippen molar-refractivity contribution in [2.24, 2.45) is 0 Å². The number of hydrogen-bond donors (Lipinski definition) is 2. The van der Waals surface area contributed by atoms with Crippen molar-refractivity contribution >= 4 is 23.4 Å². The highest BCUT2D eigenvalue weighted by atomic mass is 35.5. The van der Waals surface area contributed by atoms with E-state index in [4.69, 9.17) is 11.6 Å². The molecule has 0 saturated heterocycles. The molecule has 5 nitrogen and oxygen atoms in total. The second kappa shape index (κ2) is 7.18. The molecule has 0 aliphatic heterocycles. The summed E-state index contributed by atoms with van der Waals surface area (Å²) in [5, 5.41) is 14.0. The second-order valence-electron chi connectivity index (χ2n) is 3.98. The molecule has 0 radical (unpaired) electrons. The number of rotatable bonds is 7. The molecule has 0 aromatic carbocycles. The van der Waals surface area contributed by atoms with Gasteiger partial charge in [-0.1, -0.05) is 11.6 Å². The van der Waals surface area contributed by atoms with Crippen LogP contribution in [0.3, 0.4) is 0 Å². The fourth-order valence-corrected chi connectivity index (χ4v) is 1.87. The molecule has 0 fully saturated rings. The Bertz CT molecular complexity index is 408. The number of likely N-dealkylation sites (N-methyl/N-ethyl adjacent to an activating group) is 1. The van der Waals surface area contributed by atoms with Crippen LogP contribution in [0.4, 0.5) is 5.82 Å². The number of carboxylic acid groups (broad SMARTS) is 1. The number of carboxylic acids is 1. The van der Waals surface area contributed by atoms with Crippen molar-refractivity contribution in [3.05, 3.63) is 22.8 Å². The molecular formula is C12H18ClN3O2. The number of nitrogens with one attached hydrogen (secondary N) is 2. The first-order chi connectivity index (χ1) is 8.58.